The van der Waals surface area contributed by atoms with Crippen LogP contribution in [0.25, 0.3) is 22.0 Å². The van der Waals surface area contributed by atoms with Crippen molar-refractivity contribution in [1.29, 1.82) is 0 Å². The number of aliphatic hydroxyl groups is 1. The summed E-state index contributed by atoms with van der Waals surface area (Å²) in [4.78, 5) is 40.6. The van der Waals surface area contributed by atoms with Crippen LogP contribution in [0, 0.1) is 5.92 Å². The molecular formula is C30H32N4O6. The molecule has 5 N–H and O–H groups in total. The van der Waals surface area contributed by atoms with E-state index in [0.717, 1.165) is 24.0 Å². The molecule has 10 heteroatoms. The Morgan fingerprint density at radius 3 is 2.45 bits per heavy atom. The molecule has 2 aromatic heterocycles. The van der Waals surface area contributed by atoms with Crippen molar-refractivity contribution in [3.8, 4) is 16.9 Å². The highest BCUT2D eigenvalue weighted by atomic mass is 16.5. The van der Waals surface area contributed by atoms with Crippen LogP contribution in [0.4, 0.5) is 0 Å². The van der Waals surface area contributed by atoms with E-state index >= 15 is 0 Å². The van der Waals surface area contributed by atoms with Crippen molar-refractivity contribution in [3.63, 3.8) is 0 Å². The van der Waals surface area contributed by atoms with Gasteiger partial charge in [0.05, 0.1) is 12.2 Å². The number of pyridine rings is 1. The Kier molecular flexibility index (Phi) is 7.22. The predicted molar refractivity (Wildman–Crippen MR) is 149 cm³/mol. The van der Waals surface area contributed by atoms with Gasteiger partial charge in [-0.05, 0) is 74.1 Å². The summed E-state index contributed by atoms with van der Waals surface area (Å²) in [7, 11) is 1.65. The summed E-state index contributed by atoms with van der Waals surface area (Å²) in [6.07, 6.45) is 4.00. The van der Waals surface area contributed by atoms with Crippen molar-refractivity contribution in [1.82, 2.24) is 20.3 Å². The minimum Gasteiger partial charge on any atom is -0.493 e. The summed E-state index contributed by atoms with van der Waals surface area (Å²) >= 11 is 0. The van der Waals surface area contributed by atoms with Gasteiger partial charge in [0, 0.05) is 41.9 Å². The van der Waals surface area contributed by atoms with Crippen molar-refractivity contribution in [2.75, 3.05) is 6.61 Å². The molecule has 0 unspecified atom stereocenters. The van der Waals surface area contributed by atoms with Crippen LogP contribution in [0.2, 0.25) is 0 Å². The summed E-state index contributed by atoms with van der Waals surface area (Å²) in [5.74, 6) is 0.148. The number of aromatic nitrogens is 2. The van der Waals surface area contributed by atoms with Gasteiger partial charge in [-0.2, -0.15) is 0 Å². The van der Waals surface area contributed by atoms with E-state index in [1.807, 2.05) is 18.2 Å². The number of hydroxylamine groups is 1. The Morgan fingerprint density at radius 1 is 1.07 bits per heavy atom. The lowest BCUT2D eigenvalue weighted by molar-refractivity contribution is 0.0706. The first-order chi connectivity index (χ1) is 19.0. The Bertz CT molecular complexity index is 1640. The van der Waals surface area contributed by atoms with Crippen LogP contribution in [0.15, 0.2) is 59.5 Å². The average molecular weight is 545 g/mol. The van der Waals surface area contributed by atoms with Crippen molar-refractivity contribution >= 4 is 22.7 Å². The second-order valence-corrected chi connectivity index (χ2v) is 10.8. The van der Waals surface area contributed by atoms with E-state index in [-0.39, 0.29) is 28.9 Å². The molecule has 0 atom stereocenters. The smallest absolute Gasteiger partial charge is 0.274 e. The Balaban J connectivity index is 1.49. The molecule has 0 spiro atoms. The number of benzene rings is 2. The SMILES string of the molecule is Cn1cc(-c2cc(C(C)(C)O)ccc2OCC2CC2)c2cc(C(=O)NCc3ccc(C(=O)NO)cc3)[nH]c2c1=O. The lowest BCUT2D eigenvalue weighted by Crippen LogP contribution is -2.23. The summed E-state index contributed by atoms with van der Waals surface area (Å²) in [6.45, 7) is 4.20. The largest absolute Gasteiger partial charge is 0.493 e. The average Bonchev–Trinajstić information content (AvgIpc) is 3.67. The lowest BCUT2D eigenvalue weighted by atomic mass is 9.93. The first-order valence-electron chi connectivity index (χ1n) is 13.1. The van der Waals surface area contributed by atoms with Crippen LogP contribution in [0.3, 0.4) is 0 Å². The lowest BCUT2D eigenvalue weighted by Gasteiger charge is -2.21. The van der Waals surface area contributed by atoms with E-state index < -0.39 is 17.4 Å². The molecule has 2 heterocycles. The molecule has 10 nitrogen and oxygen atoms in total. The summed E-state index contributed by atoms with van der Waals surface area (Å²) in [5, 5.41) is 22.8. The number of hydrogen-bond donors (Lipinski definition) is 5. The van der Waals surface area contributed by atoms with E-state index in [1.54, 1.807) is 50.8 Å². The summed E-state index contributed by atoms with van der Waals surface area (Å²) < 4.78 is 7.64. The standard InChI is InChI=1S/C30H32N4O6/c1-30(2,38)20-10-11-25(40-16-18-4-5-18)21(12-20)23-15-34(3)29(37)26-22(23)13-24(32-26)28(36)31-14-17-6-8-19(9-7-17)27(35)33-39/h6-13,15,18,32,38-39H,4-5,14,16H2,1-3H3,(H,31,36)(H,33,35). The number of nitrogens with one attached hydrogen (secondary N) is 3. The predicted octanol–water partition coefficient (Wildman–Crippen LogP) is 3.60. The number of carbonyl (C=O) groups is 2. The topological polar surface area (TPSA) is 146 Å². The summed E-state index contributed by atoms with van der Waals surface area (Å²) in [5.41, 5.74) is 3.85. The molecular weight excluding hydrogens is 512 g/mol. The molecule has 1 aliphatic carbocycles. The number of nitrogens with zero attached hydrogens (tertiary/aromatic N) is 1. The fourth-order valence-electron chi connectivity index (χ4n) is 4.53. The van der Waals surface area contributed by atoms with Crippen LogP contribution >= 0.6 is 0 Å². The molecule has 2 aromatic carbocycles. The van der Waals surface area contributed by atoms with Crippen molar-refractivity contribution < 1.29 is 24.6 Å². The monoisotopic (exact) mass is 544 g/mol. The molecule has 2 amide bonds. The highest BCUT2D eigenvalue weighted by Crippen LogP contribution is 2.39. The zero-order chi connectivity index (χ0) is 28.6. The highest BCUT2D eigenvalue weighted by molar-refractivity contribution is 6.03. The molecule has 40 heavy (non-hydrogen) atoms. The van der Waals surface area contributed by atoms with E-state index in [9.17, 15) is 19.5 Å². The molecule has 0 bridgehead atoms. The number of aromatic amines is 1. The molecule has 1 fully saturated rings. The van der Waals surface area contributed by atoms with Crippen molar-refractivity contribution in [3.05, 3.63) is 87.5 Å². The Hall–Kier alpha value is -4.41. The third-order valence-electron chi connectivity index (χ3n) is 7.13. The van der Waals surface area contributed by atoms with Crippen LogP contribution in [-0.4, -0.2) is 38.3 Å². The molecule has 0 aliphatic heterocycles. The number of H-pyrrole nitrogens is 1. The minimum absolute atomic E-state index is 0.187. The maximum atomic E-state index is 13.1. The van der Waals surface area contributed by atoms with Crippen LogP contribution in [0.1, 0.15) is 58.7 Å². The number of rotatable bonds is 9. The van der Waals surface area contributed by atoms with Gasteiger partial charge in [-0.1, -0.05) is 18.2 Å². The normalized spacial score (nSPS) is 13.3. The zero-order valence-electron chi connectivity index (χ0n) is 22.6. The van der Waals surface area contributed by atoms with E-state index in [4.69, 9.17) is 9.94 Å². The fourth-order valence-corrected chi connectivity index (χ4v) is 4.53. The van der Waals surface area contributed by atoms with Crippen molar-refractivity contribution in [2.45, 2.75) is 38.8 Å². The third-order valence-corrected chi connectivity index (χ3v) is 7.13. The van der Waals surface area contributed by atoms with Crippen LogP contribution < -0.4 is 21.1 Å². The van der Waals surface area contributed by atoms with Gasteiger partial charge in [-0.25, -0.2) is 5.48 Å². The maximum absolute atomic E-state index is 13.1. The summed E-state index contributed by atoms with van der Waals surface area (Å²) in [6, 6.07) is 13.6. The minimum atomic E-state index is -1.09. The molecule has 4 aromatic rings. The van der Waals surface area contributed by atoms with E-state index in [1.165, 1.54) is 16.7 Å². The van der Waals surface area contributed by atoms with Gasteiger partial charge in [0.1, 0.15) is 17.0 Å². The Labute approximate surface area is 230 Å². The highest BCUT2D eigenvalue weighted by Gasteiger charge is 2.25. The van der Waals surface area contributed by atoms with E-state index in [0.29, 0.717) is 34.8 Å². The molecule has 0 radical (unpaired) electrons. The molecule has 1 aliphatic rings. The number of carbonyl (C=O) groups excluding carboxylic acids is 2. The van der Waals surface area contributed by atoms with Crippen LogP contribution in [0.5, 0.6) is 5.75 Å². The van der Waals surface area contributed by atoms with Gasteiger partial charge in [-0.3, -0.25) is 19.6 Å². The number of hydrogen-bond acceptors (Lipinski definition) is 6. The maximum Gasteiger partial charge on any atom is 0.274 e. The number of aryl methyl sites for hydroxylation is 1. The molecule has 0 saturated heterocycles. The first kappa shape index (κ1) is 27.2. The second-order valence-electron chi connectivity index (χ2n) is 10.8. The third kappa shape index (κ3) is 5.63. The van der Waals surface area contributed by atoms with Gasteiger partial charge >= 0.3 is 0 Å². The fraction of sp³-hybridized carbons (Fsp3) is 0.300. The number of fused-ring (bicyclic) bond motifs is 1. The second kappa shape index (κ2) is 10.6. The molecule has 1 saturated carbocycles. The van der Waals surface area contributed by atoms with Gasteiger partial charge in [0.25, 0.3) is 17.4 Å². The molecule has 208 valence electrons. The van der Waals surface area contributed by atoms with Gasteiger partial charge in [-0.15, -0.1) is 0 Å². The first-order valence-corrected chi connectivity index (χ1v) is 13.1. The van der Waals surface area contributed by atoms with Gasteiger partial charge < -0.3 is 24.7 Å². The zero-order valence-corrected chi connectivity index (χ0v) is 22.6. The van der Waals surface area contributed by atoms with Crippen LogP contribution in [-0.2, 0) is 19.2 Å². The Morgan fingerprint density at radius 2 is 1.80 bits per heavy atom. The van der Waals surface area contributed by atoms with Crippen molar-refractivity contribution in [2.24, 2.45) is 13.0 Å². The van der Waals surface area contributed by atoms with E-state index in [2.05, 4.69) is 10.3 Å². The quantitative estimate of drug-likeness (QED) is 0.161. The van der Waals surface area contributed by atoms with Gasteiger partial charge in [0.2, 0.25) is 0 Å². The van der Waals surface area contributed by atoms with Gasteiger partial charge in [0.15, 0.2) is 0 Å². The number of ether oxygens (including phenoxy) is 1. The molecule has 5 rings (SSSR count). The number of amides is 2.